The monoisotopic (exact) mass is 316 g/mol. The lowest BCUT2D eigenvalue weighted by molar-refractivity contribution is -0.149. The molecule has 0 unspecified atom stereocenters. The van der Waals surface area contributed by atoms with Gasteiger partial charge in [0.2, 0.25) is 0 Å². The number of aromatic nitrogens is 4. The summed E-state index contributed by atoms with van der Waals surface area (Å²) in [5, 5.41) is 20.7. The summed E-state index contributed by atoms with van der Waals surface area (Å²) in [5.41, 5.74) is -0.905. The quantitative estimate of drug-likeness (QED) is 0.845. The topological polar surface area (TPSA) is 115 Å². The molecule has 21 heavy (non-hydrogen) atoms. The lowest BCUT2D eigenvalue weighted by Gasteiger charge is -2.26. The molecule has 1 aromatic heterocycles. The Kier molecular flexibility index (Phi) is 3.81. The van der Waals surface area contributed by atoms with Gasteiger partial charge in [0, 0.05) is 6.26 Å². The van der Waals surface area contributed by atoms with Crippen LogP contribution in [-0.4, -0.2) is 46.0 Å². The van der Waals surface area contributed by atoms with Crippen LogP contribution in [0.1, 0.15) is 45.4 Å². The van der Waals surface area contributed by atoms with Gasteiger partial charge in [0.1, 0.15) is 4.75 Å². The predicted molar refractivity (Wildman–Crippen MR) is 74.2 cm³/mol. The fourth-order valence-electron chi connectivity index (χ4n) is 2.69. The number of carboxylic acids is 1. The second kappa shape index (κ2) is 5.04. The first kappa shape index (κ1) is 15.9. The molecule has 0 aromatic carbocycles. The van der Waals surface area contributed by atoms with Gasteiger partial charge in [-0.2, -0.15) is 0 Å². The van der Waals surface area contributed by atoms with E-state index in [2.05, 4.69) is 15.5 Å². The van der Waals surface area contributed by atoms with Gasteiger partial charge in [-0.25, -0.2) is 13.1 Å². The molecule has 0 spiro atoms. The fraction of sp³-hybridized carbons (Fsp3) is 0.833. The van der Waals surface area contributed by atoms with Crippen LogP contribution in [-0.2, 0) is 25.9 Å². The van der Waals surface area contributed by atoms with Gasteiger partial charge >= 0.3 is 5.97 Å². The highest BCUT2D eigenvalue weighted by molar-refractivity contribution is 7.91. The van der Waals surface area contributed by atoms with E-state index in [0.717, 1.165) is 19.1 Å². The summed E-state index contributed by atoms with van der Waals surface area (Å²) in [7, 11) is -3.43. The molecule has 1 saturated carbocycles. The third kappa shape index (κ3) is 2.66. The van der Waals surface area contributed by atoms with Gasteiger partial charge in [-0.05, 0) is 37.1 Å². The zero-order chi connectivity index (χ0) is 15.9. The SMILES string of the molecule is CC(C)(c1nnnn1CC1(C(=O)O)CCCC1)S(C)(=O)=O. The van der Waals surface area contributed by atoms with E-state index in [1.807, 2.05) is 0 Å². The molecule has 1 aliphatic carbocycles. The molecule has 8 nitrogen and oxygen atoms in total. The molecule has 0 saturated heterocycles. The molecule has 1 heterocycles. The number of nitrogens with zero attached hydrogens (tertiary/aromatic N) is 4. The molecule has 0 radical (unpaired) electrons. The molecule has 0 aliphatic heterocycles. The van der Waals surface area contributed by atoms with Crippen molar-refractivity contribution in [3.63, 3.8) is 0 Å². The van der Waals surface area contributed by atoms with E-state index < -0.39 is 26.0 Å². The summed E-state index contributed by atoms with van der Waals surface area (Å²) in [4.78, 5) is 11.6. The Labute approximate surface area is 123 Å². The molecular weight excluding hydrogens is 296 g/mol. The standard InChI is InChI=1S/C12H20N4O4S/c1-11(2,21(3,19)20)9-13-14-15-16(9)8-12(10(17)18)6-4-5-7-12/h4-8H2,1-3H3,(H,17,18). The summed E-state index contributed by atoms with van der Waals surface area (Å²) in [6, 6.07) is 0. The van der Waals surface area contributed by atoms with Crippen LogP contribution in [0.15, 0.2) is 0 Å². The Morgan fingerprint density at radius 2 is 1.95 bits per heavy atom. The predicted octanol–water partition coefficient (Wildman–Crippen LogP) is 0.598. The maximum atomic E-state index is 11.9. The molecule has 2 rings (SSSR count). The van der Waals surface area contributed by atoms with Crippen molar-refractivity contribution in [1.82, 2.24) is 20.2 Å². The van der Waals surface area contributed by atoms with E-state index in [1.54, 1.807) is 0 Å². The van der Waals surface area contributed by atoms with Crippen molar-refractivity contribution in [2.75, 3.05) is 6.26 Å². The summed E-state index contributed by atoms with van der Waals surface area (Å²) in [5.74, 6) is -0.698. The first-order valence-electron chi connectivity index (χ1n) is 6.80. The Morgan fingerprint density at radius 3 is 2.43 bits per heavy atom. The molecule has 1 fully saturated rings. The first-order valence-corrected chi connectivity index (χ1v) is 8.69. The van der Waals surface area contributed by atoms with Gasteiger partial charge in [0.15, 0.2) is 15.7 Å². The first-order chi connectivity index (χ1) is 9.60. The van der Waals surface area contributed by atoms with Crippen LogP contribution < -0.4 is 0 Å². The lowest BCUT2D eigenvalue weighted by atomic mass is 9.86. The van der Waals surface area contributed by atoms with Gasteiger partial charge in [-0.1, -0.05) is 12.8 Å². The van der Waals surface area contributed by atoms with Crippen LogP contribution in [0.4, 0.5) is 0 Å². The average molecular weight is 316 g/mol. The molecule has 9 heteroatoms. The van der Waals surface area contributed by atoms with Crippen LogP contribution in [0.2, 0.25) is 0 Å². The van der Waals surface area contributed by atoms with Crippen molar-refractivity contribution in [2.24, 2.45) is 5.41 Å². The van der Waals surface area contributed by atoms with Crippen molar-refractivity contribution in [1.29, 1.82) is 0 Å². The summed E-state index contributed by atoms with van der Waals surface area (Å²) >= 11 is 0. The second-order valence-electron chi connectivity index (χ2n) is 6.24. The molecule has 1 aliphatic rings. The number of hydrogen-bond donors (Lipinski definition) is 1. The minimum Gasteiger partial charge on any atom is -0.481 e. The number of tetrazole rings is 1. The van der Waals surface area contributed by atoms with Gasteiger partial charge < -0.3 is 5.11 Å². The van der Waals surface area contributed by atoms with Crippen LogP contribution in [0, 0.1) is 5.41 Å². The van der Waals surface area contributed by atoms with E-state index in [4.69, 9.17) is 0 Å². The van der Waals surface area contributed by atoms with Crippen LogP contribution >= 0.6 is 0 Å². The fourth-order valence-corrected chi connectivity index (χ4v) is 3.16. The highest BCUT2D eigenvalue weighted by Gasteiger charge is 2.45. The van der Waals surface area contributed by atoms with Crippen molar-refractivity contribution in [2.45, 2.75) is 50.8 Å². The van der Waals surface area contributed by atoms with Gasteiger partial charge in [0.05, 0.1) is 12.0 Å². The van der Waals surface area contributed by atoms with Gasteiger partial charge in [-0.3, -0.25) is 4.79 Å². The Morgan fingerprint density at radius 1 is 1.38 bits per heavy atom. The lowest BCUT2D eigenvalue weighted by Crippen LogP contribution is -2.37. The number of hydrogen-bond acceptors (Lipinski definition) is 6. The summed E-state index contributed by atoms with van der Waals surface area (Å²) < 4.78 is 23.9. The highest BCUT2D eigenvalue weighted by atomic mass is 32.2. The second-order valence-corrected chi connectivity index (χ2v) is 8.80. The minimum atomic E-state index is -3.43. The molecule has 0 bridgehead atoms. The average Bonchev–Trinajstić information content (AvgIpc) is 2.97. The number of rotatable bonds is 5. The molecule has 0 amide bonds. The zero-order valence-electron chi connectivity index (χ0n) is 12.4. The maximum Gasteiger partial charge on any atom is 0.311 e. The normalized spacial score (nSPS) is 18.8. The number of aliphatic carboxylic acids is 1. The molecule has 118 valence electrons. The smallest absolute Gasteiger partial charge is 0.311 e. The Bertz CT molecular complexity index is 644. The van der Waals surface area contributed by atoms with E-state index >= 15 is 0 Å². The van der Waals surface area contributed by atoms with Crippen LogP contribution in [0.5, 0.6) is 0 Å². The van der Waals surface area contributed by atoms with Crippen molar-refractivity contribution in [3.05, 3.63) is 5.82 Å². The number of carbonyl (C=O) groups is 1. The van der Waals surface area contributed by atoms with Crippen molar-refractivity contribution < 1.29 is 18.3 Å². The third-order valence-electron chi connectivity index (χ3n) is 4.46. The minimum absolute atomic E-state index is 0.101. The van der Waals surface area contributed by atoms with Crippen molar-refractivity contribution in [3.8, 4) is 0 Å². The Hall–Kier alpha value is -1.51. The maximum absolute atomic E-state index is 11.9. The van der Waals surface area contributed by atoms with Gasteiger partial charge in [-0.15, -0.1) is 5.10 Å². The van der Waals surface area contributed by atoms with Gasteiger partial charge in [0.25, 0.3) is 0 Å². The summed E-state index contributed by atoms with van der Waals surface area (Å²) in [6.45, 7) is 3.14. The molecule has 0 atom stereocenters. The molecular formula is C12H20N4O4S. The zero-order valence-corrected chi connectivity index (χ0v) is 13.2. The number of carboxylic acid groups (broad SMARTS) is 1. The van der Waals surface area contributed by atoms with Crippen LogP contribution in [0.25, 0.3) is 0 Å². The molecule has 1 N–H and O–H groups in total. The number of sulfone groups is 1. The largest absolute Gasteiger partial charge is 0.481 e. The van der Waals surface area contributed by atoms with E-state index in [9.17, 15) is 18.3 Å². The molecule has 1 aromatic rings. The highest BCUT2D eigenvalue weighted by Crippen LogP contribution is 2.40. The van der Waals surface area contributed by atoms with E-state index in [0.29, 0.717) is 12.8 Å². The van der Waals surface area contributed by atoms with E-state index in [1.165, 1.54) is 18.5 Å². The summed E-state index contributed by atoms with van der Waals surface area (Å²) in [6.07, 6.45) is 3.93. The third-order valence-corrected chi connectivity index (χ3v) is 6.50. The van der Waals surface area contributed by atoms with Crippen molar-refractivity contribution >= 4 is 15.8 Å². The Balaban J connectivity index is 2.40. The van der Waals surface area contributed by atoms with E-state index in [-0.39, 0.29) is 12.4 Å². The van der Waals surface area contributed by atoms with Crippen LogP contribution in [0.3, 0.4) is 0 Å².